The van der Waals surface area contributed by atoms with Gasteiger partial charge < -0.3 is 10.1 Å². The van der Waals surface area contributed by atoms with E-state index in [9.17, 15) is 14.4 Å². The number of amides is 3. The van der Waals surface area contributed by atoms with Crippen molar-refractivity contribution in [3.05, 3.63) is 69.2 Å². The van der Waals surface area contributed by atoms with Crippen molar-refractivity contribution in [1.82, 2.24) is 10.2 Å². The number of nitrogens with one attached hydrogen (secondary N) is 1. The Morgan fingerprint density at radius 3 is 2.46 bits per heavy atom. The Bertz CT molecular complexity index is 852. The van der Waals surface area contributed by atoms with Crippen LogP contribution in [0.25, 0.3) is 0 Å². The summed E-state index contributed by atoms with van der Waals surface area (Å²) in [5.41, 5.74) is 1.74. The SMILES string of the molecule is O=C(OCc1ccc(Cl)cc1Cl)c1ccc(CN2C(=O)CNC2=O)cc1. The van der Waals surface area contributed by atoms with Gasteiger partial charge in [-0.1, -0.05) is 41.4 Å². The van der Waals surface area contributed by atoms with Crippen LogP contribution >= 0.6 is 23.2 Å². The smallest absolute Gasteiger partial charge is 0.338 e. The lowest BCUT2D eigenvalue weighted by molar-refractivity contribution is -0.125. The molecule has 0 radical (unpaired) electrons. The van der Waals surface area contributed by atoms with Gasteiger partial charge in [-0.15, -0.1) is 0 Å². The molecule has 1 heterocycles. The molecule has 0 atom stereocenters. The number of carbonyl (C=O) groups excluding carboxylic acids is 3. The number of esters is 1. The number of carbonyl (C=O) groups is 3. The molecule has 26 heavy (non-hydrogen) atoms. The van der Waals surface area contributed by atoms with E-state index >= 15 is 0 Å². The minimum absolute atomic E-state index is 0.0104. The van der Waals surface area contributed by atoms with Gasteiger partial charge in [0.25, 0.3) is 0 Å². The van der Waals surface area contributed by atoms with Gasteiger partial charge in [0, 0.05) is 15.6 Å². The predicted octanol–water partition coefficient (Wildman–Crippen LogP) is 3.40. The number of halogens is 2. The van der Waals surface area contributed by atoms with Crippen LogP contribution in [-0.4, -0.2) is 29.4 Å². The Hall–Kier alpha value is -2.57. The summed E-state index contributed by atoms with van der Waals surface area (Å²) in [5, 5.41) is 3.38. The second kappa shape index (κ2) is 7.76. The molecular formula is C18H14Cl2N2O4. The summed E-state index contributed by atoms with van der Waals surface area (Å²) in [7, 11) is 0. The predicted molar refractivity (Wildman–Crippen MR) is 96.0 cm³/mol. The molecule has 1 aliphatic heterocycles. The molecule has 1 N–H and O–H groups in total. The quantitative estimate of drug-likeness (QED) is 0.624. The Labute approximate surface area is 159 Å². The first kappa shape index (κ1) is 18.2. The standard InChI is InChI=1S/C18H14Cl2N2O4/c19-14-6-5-13(15(20)7-14)10-26-17(24)12-3-1-11(2-4-12)9-22-16(23)8-21-18(22)25/h1-7H,8-10H2,(H,21,25). The first-order valence-corrected chi connectivity index (χ1v) is 8.48. The first-order chi connectivity index (χ1) is 12.4. The minimum Gasteiger partial charge on any atom is -0.457 e. The van der Waals surface area contributed by atoms with Crippen molar-refractivity contribution in [3.8, 4) is 0 Å². The summed E-state index contributed by atoms with van der Waals surface area (Å²) in [4.78, 5) is 36.4. The van der Waals surface area contributed by atoms with Crippen molar-refractivity contribution < 1.29 is 19.1 Å². The van der Waals surface area contributed by atoms with Crippen LogP contribution in [-0.2, 0) is 22.7 Å². The fourth-order valence-corrected chi connectivity index (χ4v) is 2.87. The van der Waals surface area contributed by atoms with Crippen molar-refractivity contribution in [2.45, 2.75) is 13.2 Å². The Balaban J connectivity index is 1.60. The van der Waals surface area contributed by atoms with Crippen molar-refractivity contribution in [2.24, 2.45) is 0 Å². The van der Waals surface area contributed by atoms with Crippen LogP contribution in [0, 0.1) is 0 Å². The zero-order chi connectivity index (χ0) is 18.7. The van der Waals surface area contributed by atoms with Crippen molar-refractivity contribution in [1.29, 1.82) is 0 Å². The summed E-state index contributed by atoms with van der Waals surface area (Å²) in [6.07, 6.45) is 0. The van der Waals surface area contributed by atoms with Crippen LogP contribution in [0.5, 0.6) is 0 Å². The molecule has 1 aliphatic rings. The summed E-state index contributed by atoms with van der Waals surface area (Å²) < 4.78 is 5.25. The summed E-state index contributed by atoms with van der Waals surface area (Å²) in [6.45, 7) is 0.190. The molecule has 3 rings (SSSR count). The lowest BCUT2D eigenvalue weighted by atomic mass is 10.1. The van der Waals surface area contributed by atoms with Crippen molar-refractivity contribution in [3.63, 3.8) is 0 Å². The zero-order valence-corrected chi connectivity index (χ0v) is 15.0. The number of hydrogen-bond acceptors (Lipinski definition) is 4. The summed E-state index contributed by atoms with van der Waals surface area (Å²) in [6, 6.07) is 11.0. The normalized spacial score (nSPS) is 13.7. The fourth-order valence-electron chi connectivity index (χ4n) is 2.41. The first-order valence-electron chi connectivity index (χ1n) is 7.72. The van der Waals surface area contributed by atoms with Crippen molar-refractivity contribution >= 4 is 41.1 Å². The van der Waals surface area contributed by atoms with E-state index in [0.29, 0.717) is 21.2 Å². The molecule has 0 aromatic heterocycles. The van der Waals surface area contributed by atoms with Crippen molar-refractivity contribution in [2.75, 3.05) is 6.54 Å². The number of benzene rings is 2. The average Bonchev–Trinajstić information content (AvgIpc) is 2.93. The number of ether oxygens (including phenoxy) is 1. The number of imide groups is 1. The average molecular weight is 393 g/mol. The van der Waals surface area contributed by atoms with E-state index in [-0.39, 0.29) is 25.6 Å². The Kier molecular flexibility index (Phi) is 5.44. The maximum Gasteiger partial charge on any atom is 0.338 e. The third-order valence-corrected chi connectivity index (χ3v) is 4.43. The number of nitrogens with zero attached hydrogens (tertiary/aromatic N) is 1. The van der Waals surface area contributed by atoms with Crippen LogP contribution in [0.4, 0.5) is 4.79 Å². The molecule has 2 aromatic carbocycles. The molecule has 134 valence electrons. The topological polar surface area (TPSA) is 75.7 Å². The van der Waals surface area contributed by atoms with E-state index in [1.165, 1.54) is 0 Å². The highest BCUT2D eigenvalue weighted by molar-refractivity contribution is 6.35. The monoisotopic (exact) mass is 392 g/mol. The lowest BCUT2D eigenvalue weighted by Gasteiger charge is -2.12. The highest BCUT2D eigenvalue weighted by atomic mass is 35.5. The van der Waals surface area contributed by atoms with Crippen LogP contribution in [0.2, 0.25) is 10.0 Å². The van der Waals surface area contributed by atoms with E-state index in [0.717, 1.165) is 10.5 Å². The van der Waals surface area contributed by atoms with E-state index in [1.807, 2.05) is 0 Å². The number of rotatable bonds is 5. The van der Waals surface area contributed by atoms with Crippen LogP contribution in [0.15, 0.2) is 42.5 Å². The zero-order valence-electron chi connectivity index (χ0n) is 13.5. The van der Waals surface area contributed by atoms with Crippen LogP contribution < -0.4 is 5.32 Å². The van der Waals surface area contributed by atoms with Gasteiger partial charge in [-0.2, -0.15) is 0 Å². The van der Waals surface area contributed by atoms with Gasteiger partial charge in [-0.3, -0.25) is 9.69 Å². The van der Waals surface area contributed by atoms with Gasteiger partial charge in [0.2, 0.25) is 5.91 Å². The molecule has 8 heteroatoms. The van der Waals surface area contributed by atoms with E-state index in [2.05, 4.69) is 5.32 Å². The molecule has 6 nitrogen and oxygen atoms in total. The van der Waals surface area contributed by atoms with Gasteiger partial charge in [-0.05, 0) is 29.8 Å². The highest BCUT2D eigenvalue weighted by Gasteiger charge is 2.28. The second-order valence-electron chi connectivity index (χ2n) is 5.65. The van der Waals surface area contributed by atoms with E-state index in [1.54, 1.807) is 42.5 Å². The third kappa shape index (κ3) is 4.15. The molecule has 3 amide bonds. The molecular weight excluding hydrogens is 379 g/mol. The Morgan fingerprint density at radius 2 is 1.85 bits per heavy atom. The molecule has 0 spiro atoms. The largest absolute Gasteiger partial charge is 0.457 e. The van der Waals surface area contributed by atoms with Crippen LogP contribution in [0.3, 0.4) is 0 Å². The van der Waals surface area contributed by atoms with Gasteiger partial charge in [-0.25, -0.2) is 9.59 Å². The molecule has 1 saturated heterocycles. The van der Waals surface area contributed by atoms with Crippen LogP contribution in [0.1, 0.15) is 21.5 Å². The maximum absolute atomic E-state index is 12.1. The fraction of sp³-hybridized carbons (Fsp3) is 0.167. The Morgan fingerprint density at radius 1 is 1.12 bits per heavy atom. The molecule has 0 unspecified atom stereocenters. The molecule has 0 bridgehead atoms. The van der Waals surface area contributed by atoms with E-state index < -0.39 is 12.0 Å². The molecule has 0 aliphatic carbocycles. The summed E-state index contributed by atoms with van der Waals surface area (Å²) in [5.74, 6) is -0.782. The lowest BCUT2D eigenvalue weighted by Crippen LogP contribution is -2.30. The highest BCUT2D eigenvalue weighted by Crippen LogP contribution is 2.22. The second-order valence-corrected chi connectivity index (χ2v) is 6.49. The third-order valence-electron chi connectivity index (χ3n) is 3.84. The molecule has 1 fully saturated rings. The number of hydrogen-bond donors (Lipinski definition) is 1. The maximum atomic E-state index is 12.1. The van der Waals surface area contributed by atoms with Gasteiger partial charge >= 0.3 is 12.0 Å². The summed E-state index contributed by atoms with van der Waals surface area (Å²) >= 11 is 11.9. The van der Waals surface area contributed by atoms with E-state index in [4.69, 9.17) is 27.9 Å². The molecule has 2 aromatic rings. The van der Waals surface area contributed by atoms with Gasteiger partial charge in [0.15, 0.2) is 0 Å². The van der Waals surface area contributed by atoms with Gasteiger partial charge in [0.05, 0.1) is 18.7 Å². The molecule has 0 saturated carbocycles. The number of urea groups is 1. The van der Waals surface area contributed by atoms with Gasteiger partial charge in [0.1, 0.15) is 6.61 Å². The minimum atomic E-state index is -0.502.